The molecular formula is C12H9NO2. The van der Waals surface area contributed by atoms with Crippen molar-refractivity contribution >= 4 is 23.3 Å². The van der Waals surface area contributed by atoms with E-state index in [-0.39, 0.29) is 17.5 Å². The number of hydrogen-bond donors (Lipinski definition) is 1. The third-order valence-corrected chi connectivity index (χ3v) is 2.12. The number of benzene rings is 1. The zero-order valence-corrected chi connectivity index (χ0v) is 7.90. The highest BCUT2D eigenvalue weighted by molar-refractivity contribution is 5.94. The highest BCUT2D eigenvalue weighted by Gasteiger charge is 2.06. The van der Waals surface area contributed by atoms with Crippen LogP contribution in [0.5, 0.6) is 5.75 Å². The van der Waals surface area contributed by atoms with Gasteiger partial charge in [-0.3, -0.25) is 4.79 Å². The molecule has 2 aromatic rings. The molecule has 3 heteroatoms. The summed E-state index contributed by atoms with van der Waals surface area (Å²) in [5, 5.41) is 10.2. The minimum atomic E-state index is -0.0105. The molecule has 0 radical (unpaired) electrons. The van der Waals surface area contributed by atoms with Crippen molar-refractivity contribution in [3.05, 3.63) is 42.1 Å². The van der Waals surface area contributed by atoms with E-state index in [2.05, 4.69) is 11.6 Å². The summed E-state index contributed by atoms with van der Waals surface area (Å²) in [6, 6.07) is 4.90. The molecule has 0 aliphatic heterocycles. The number of nitrogens with zero attached hydrogens (tertiary/aromatic N) is 1. The molecule has 1 heterocycles. The number of carbonyl (C=O) groups excluding carboxylic acids is 1. The SMILES string of the molecule is [2H]c1c(C=O)nc2c(O)cccc2c1C=C. The van der Waals surface area contributed by atoms with E-state index in [0.29, 0.717) is 22.8 Å². The predicted octanol–water partition coefficient (Wildman–Crippen LogP) is 2.40. The average molecular weight is 200 g/mol. The highest BCUT2D eigenvalue weighted by atomic mass is 16.3. The first-order chi connectivity index (χ1) is 7.69. The van der Waals surface area contributed by atoms with Gasteiger partial charge < -0.3 is 5.11 Å². The van der Waals surface area contributed by atoms with E-state index in [1.807, 2.05) is 0 Å². The Hall–Kier alpha value is -2.16. The lowest BCUT2D eigenvalue weighted by Gasteiger charge is -2.04. The highest BCUT2D eigenvalue weighted by Crippen LogP contribution is 2.26. The Balaban J connectivity index is 3.01. The van der Waals surface area contributed by atoms with E-state index >= 15 is 0 Å². The number of hydrogen-bond acceptors (Lipinski definition) is 3. The summed E-state index contributed by atoms with van der Waals surface area (Å²) in [4.78, 5) is 14.7. The van der Waals surface area contributed by atoms with Gasteiger partial charge in [-0.05, 0) is 17.7 Å². The Labute approximate surface area is 88.1 Å². The Kier molecular flexibility index (Phi) is 1.93. The number of phenolic OH excluding ortho intramolecular Hbond substituents is 1. The van der Waals surface area contributed by atoms with Crippen LogP contribution in [0.25, 0.3) is 17.0 Å². The Morgan fingerprint density at radius 1 is 1.53 bits per heavy atom. The number of para-hydroxylation sites is 1. The number of aromatic nitrogens is 1. The van der Waals surface area contributed by atoms with Crippen molar-refractivity contribution in [1.82, 2.24) is 4.98 Å². The molecule has 0 fully saturated rings. The van der Waals surface area contributed by atoms with Gasteiger partial charge in [-0.15, -0.1) is 0 Å². The number of phenols is 1. The lowest BCUT2D eigenvalue weighted by molar-refractivity contribution is 0.111. The van der Waals surface area contributed by atoms with Crippen LogP contribution in [-0.2, 0) is 0 Å². The zero-order chi connectivity index (χ0) is 11.7. The molecule has 0 spiro atoms. The van der Waals surface area contributed by atoms with Gasteiger partial charge in [0.1, 0.15) is 17.0 Å². The minimum absolute atomic E-state index is 0.00361. The maximum absolute atomic E-state index is 10.8. The van der Waals surface area contributed by atoms with Gasteiger partial charge in [0.25, 0.3) is 0 Å². The van der Waals surface area contributed by atoms with E-state index < -0.39 is 0 Å². The maximum Gasteiger partial charge on any atom is 0.168 e. The van der Waals surface area contributed by atoms with E-state index in [0.717, 1.165) is 0 Å². The van der Waals surface area contributed by atoms with E-state index in [1.54, 1.807) is 12.1 Å². The van der Waals surface area contributed by atoms with Crippen LogP contribution in [0.1, 0.15) is 17.4 Å². The largest absolute Gasteiger partial charge is 0.506 e. The molecule has 1 aromatic heterocycles. The molecule has 0 saturated carbocycles. The minimum Gasteiger partial charge on any atom is -0.506 e. The molecule has 0 aliphatic rings. The second kappa shape index (κ2) is 3.53. The van der Waals surface area contributed by atoms with Gasteiger partial charge in [0.05, 0.1) is 1.37 Å². The van der Waals surface area contributed by atoms with Gasteiger partial charge >= 0.3 is 0 Å². The number of carbonyl (C=O) groups is 1. The lowest BCUT2D eigenvalue weighted by atomic mass is 10.1. The van der Waals surface area contributed by atoms with Crippen molar-refractivity contribution < 1.29 is 11.3 Å². The number of aromatic hydroxyl groups is 1. The second-order valence-corrected chi connectivity index (χ2v) is 3.03. The summed E-state index contributed by atoms with van der Waals surface area (Å²) in [5.74, 6) is -0.0105. The fourth-order valence-electron chi connectivity index (χ4n) is 1.44. The molecule has 1 N–H and O–H groups in total. The first-order valence-electron chi connectivity index (χ1n) is 4.89. The summed E-state index contributed by atoms with van der Waals surface area (Å²) in [6.45, 7) is 3.60. The Morgan fingerprint density at radius 3 is 3.00 bits per heavy atom. The monoisotopic (exact) mass is 200 g/mol. The fourth-order valence-corrected chi connectivity index (χ4v) is 1.44. The molecule has 0 saturated heterocycles. The molecule has 0 atom stereocenters. The standard InChI is InChI=1S/C12H9NO2/c1-2-8-6-9(7-14)13-12-10(8)4-3-5-11(12)15/h2-7,15H,1H2/i6D. The summed E-state index contributed by atoms with van der Waals surface area (Å²) >= 11 is 0. The van der Waals surface area contributed by atoms with Crippen LogP contribution in [0, 0.1) is 0 Å². The van der Waals surface area contributed by atoms with Crippen LogP contribution in [0.2, 0.25) is 0 Å². The van der Waals surface area contributed by atoms with Crippen molar-refractivity contribution in [2.75, 3.05) is 0 Å². The van der Waals surface area contributed by atoms with Crippen molar-refractivity contribution in [3.63, 3.8) is 0 Å². The van der Waals surface area contributed by atoms with Gasteiger partial charge in [0, 0.05) is 5.39 Å². The third-order valence-electron chi connectivity index (χ3n) is 2.12. The number of rotatable bonds is 2. The van der Waals surface area contributed by atoms with Gasteiger partial charge in [-0.25, -0.2) is 4.98 Å². The molecule has 0 unspecified atom stereocenters. The summed E-state index contributed by atoms with van der Waals surface area (Å²) in [6.07, 6.45) is 1.99. The molecular weight excluding hydrogens is 190 g/mol. The Bertz CT molecular complexity index is 593. The molecule has 1 aromatic carbocycles. The second-order valence-electron chi connectivity index (χ2n) is 3.03. The number of pyridine rings is 1. The van der Waals surface area contributed by atoms with Gasteiger partial charge in [-0.2, -0.15) is 0 Å². The van der Waals surface area contributed by atoms with Crippen LogP contribution in [0.15, 0.2) is 30.8 Å². The molecule has 2 rings (SSSR count). The van der Waals surface area contributed by atoms with Crippen molar-refractivity contribution in [2.24, 2.45) is 0 Å². The average Bonchev–Trinajstić information content (AvgIpc) is 2.29. The van der Waals surface area contributed by atoms with Crippen molar-refractivity contribution in [3.8, 4) is 5.75 Å². The first kappa shape index (κ1) is 8.17. The lowest BCUT2D eigenvalue weighted by Crippen LogP contribution is -1.91. The van der Waals surface area contributed by atoms with Crippen LogP contribution < -0.4 is 0 Å². The predicted molar refractivity (Wildman–Crippen MR) is 58.9 cm³/mol. The molecule has 15 heavy (non-hydrogen) atoms. The van der Waals surface area contributed by atoms with Gasteiger partial charge in [0.2, 0.25) is 0 Å². The number of aldehydes is 1. The van der Waals surface area contributed by atoms with Crippen LogP contribution in [0.3, 0.4) is 0 Å². The summed E-state index contributed by atoms with van der Waals surface area (Å²) in [5.41, 5.74) is 0.822. The van der Waals surface area contributed by atoms with Crippen LogP contribution in [-0.4, -0.2) is 16.4 Å². The van der Waals surface area contributed by atoms with Gasteiger partial charge in [0.15, 0.2) is 6.29 Å². The van der Waals surface area contributed by atoms with Gasteiger partial charge in [-0.1, -0.05) is 24.8 Å². The van der Waals surface area contributed by atoms with Crippen molar-refractivity contribution in [1.29, 1.82) is 0 Å². The van der Waals surface area contributed by atoms with Crippen LogP contribution in [0.4, 0.5) is 0 Å². The summed E-state index contributed by atoms with van der Waals surface area (Å²) in [7, 11) is 0. The molecule has 74 valence electrons. The zero-order valence-electron chi connectivity index (χ0n) is 8.90. The first-order valence-corrected chi connectivity index (χ1v) is 4.39. The van der Waals surface area contributed by atoms with Crippen molar-refractivity contribution in [2.45, 2.75) is 0 Å². The smallest absolute Gasteiger partial charge is 0.168 e. The third kappa shape index (κ3) is 1.48. The van der Waals surface area contributed by atoms with E-state index in [1.165, 1.54) is 12.1 Å². The molecule has 0 bridgehead atoms. The molecule has 0 aliphatic carbocycles. The van der Waals surface area contributed by atoms with E-state index in [4.69, 9.17) is 1.37 Å². The van der Waals surface area contributed by atoms with E-state index in [9.17, 15) is 9.90 Å². The molecule has 0 amide bonds. The summed E-state index contributed by atoms with van der Waals surface area (Å²) < 4.78 is 7.75. The fraction of sp³-hybridized carbons (Fsp3) is 0. The Morgan fingerprint density at radius 2 is 2.33 bits per heavy atom. The topological polar surface area (TPSA) is 50.2 Å². The normalized spacial score (nSPS) is 11.1. The quantitative estimate of drug-likeness (QED) is 0.757. The number of fused-ring (bicyclic) bond motifs is 1. The van der Waals surface area contributed by atoms with Crippen LogP contribution >= 0.6 is 0 Å². The molecule has 3 nitrogen and oxygen atoms in total. The maximum atomic E-state index is 10.8.